The Morgan fingerprint density at radius 1 is 1.35 bits per heavy atom. The van der Waals surface area contributed by atoms with Crippen molar-refractivity contribution in [3.63, 3.8) is 0 Å². The first-order valence-corrected chi connectivity index (χ1v) is 7.04. The molecule has 0 radical (unpaired) electrons. The molecule has 0 aliphatic rings. The van der Waals surface area contributed by atoms with E-state index in [1.54, 1.807) is 12.4 Å². The van der Waals surface area contributed by atoms with Crippen molar-refractivity contribution >= 4 is 11.9 Å². The first-order chi connectivity index (χ1) is 9.52. The van der Waals surface area contributed by atoms with Gasteiger partial charge in [-0.3, -0.25) is 4.79 Å². The lowest BCUT2D eigenvalue weighted by Crippen LogP contribution is -2.37. The van der Waals surface area contributed by atoms with Crippen LogP contribution in [0.4, 0.5) is 5.95 Å². The van der Waals surface area contributed by atoms with Crippen LogP contribution in [0.3, 0.4) is 0 Å². The smallest absolute Gasteiger partial charge is 0.320 e. The normalized spacial score (nSPS) is 12.4. The first kappa shape index (κ1) is 16.4. The van der Waals surface area contributed by atoms with Crippen molar-refractivity contribution in [2.45, 2.75) is 46.2 Å². The molecule has 0 spiro atoms. The molecule has 1 aromatic heterocycles. The fourth-order valence-electron chi connectivity index (χ4n) is 1.76. The molecule has 112 valence electrons. The molecule has 0 saturated carbocycles. The molecule has 1 unspecified atom stereocenters. The summed E-state index contributed by atoms with van der Waals surface area (Å²) in [5.41, 5.74) is 0.877. The second-order valence-corrected chi connectivity index (χ2v) is 5.24. The maximum Gasteiger partial charge on any atom is 0.320 e. The topological polar surface area (TPSA) is 87.1 Å². The molecule has 0 aliphatic carbocycles. The highest BCUT2D eigenvalue weighted by atomic mass is 16.4. The summed E-state index contributed by atoms with van der Waals surface area (Å²) in [6, 6.07) is -0.534. The van der Waals surface area contributed by atoms with Crippen molar-refractivity contribution in [3.8, 4) is 0 Å². The van der Waals surface area contributed by atoms with E-state index < -0.39 is 12.0 Å². The minimum absolute atomic E-state index is 0.334. The SMILES string of the molecule is CCCNc1ncc(CNC(CC(C)C)C(=O)O)cn1. The third-order valence-corrected chi connectivity index (χ3v) is 2.80. The highest BCUT2D eigenvalue weighted by Crippen LogP contribution is 2.07. The number of hydrogen-bond donors (Lipinski definition) is 3. The summed E-state index contributed by atoms with van der Waals surface area (Å²) >= 11 is 0. The van der Waals surface area contributed by atoms with Crippen LogP contribution >= 0.6 is 0 Å². The van der Waals surface area contributed by atoms with E-state index >= 15 is 0 Å². The quantitative estimate of drug-likeness (QED) is 0.640. The van der Waals surface area contributed by atoms with Crippen molar-refractivity contribution in [1.29, 1.82) is 0 Å². The van der Waals surface area contributed by atoms with Crippen molar-refractivity contribution in [2.75, 3.05) is 11.9 Å². The van der Waals surface area contributed by atoms with Crippen LogP contribution in [-0.4, -0.2) is 33.6 Å². The summed E-state index contributed by atoms with van der Waals surface area (Å²) in [4.78, 5) is 19.5. The molecule has 0 bridgehead atoms. The van der Waals surface area contributed by atoms with E-state index in [9.17, 15) is 4.79 Å². The zero-order chi connectivity index (χ0) is 15.0. The van der Waals surface area contributed by atoms with Crippen molar-refractivity contribution in [3.05, 3.63) is 18.0 Å². The van der Waals surface area contributed by atoms with E-state index in [1.807, 2.05) is 13.8 Å². The van der Waals surface area contributed by atoms with Gasteiger partial charge in [-0.25, -0.2) is 9.97 Å². The Morgan fingerprint density at radius 2 is 2.00 bits per heavy atom. The lowest BCUT2D eigenvalue weighted by Gasteiger charge is -2.16. The van der Waals surface area contributed by atoms with Gasteiger partial charge in [0.2, 0.25) is 5.95 Å². The molecule has 6 heteroatoms. The van der Waals surface area contributed by atoms with Gasteiger partial charge in [-0.15, -0.1) is 0 Å². The van der Waals surface area contributed by atoms with Crippen LogP contribution in [0.2, 0.25) is 0 Å². The maximum absolute atomic E-state index is 11.1. The summed E-state index contributed by atoms with van der Waals surface area (Å²) in [6.45, 7) is 7.39. The van der Waals surface area contributed by atoms with Gasteiger partial charge in [0.25, 0.3) is 0 Å². The molecule has 0 fully saturated rings. The molecule has 0 aliphatic heterocycles. The minimum Gasteiger partial charge on any atom is -0.480 e. The third-order valence-electron chi connectivity index (χ3n) is 2.80. The first-order valence-electron chi connectivity index (χ1n) is 7.04. The predicted molar refractivity (Wildman–Crippen MR) is 78.5 cm³/mol. The lowest BCUT2D eigenvalue weighted by atomic mass is 10.0. The standard InChI is InChI=1S/C14H24N4O2/c1-4-5-15-14-17-8-11(9-18-14)7-16-12(13(19)20)6-10(2)3/h8-10,12,16H,4-7H2,1-3H3,(H,19,20)(H,15,17,18). The Balaban J connectivity index is 2.49. The van der Waals surface area contributed by atoms with Gasteiger partial charge in [0.15, 0.2) is 0 Å². The van der Waals surface area contributed by atoms with Crippen LogP contribution in [0.25, 0.3) is 0 Å². The number of rotatable bonds is 9. The molecule has 1 heterocycles. The zero-order valence-corrected chi connectivity index (χ0v) is 12.4. The number of aliphatic carboxylic acids is 1. The van der Waals surface area contributed by atoms with Crippen LogP contribution in [0.1, 0.15) is 39.2 Å². The molecule has 1 rings (SSSR count). The van der Waals surface area contributed by atoms with E-state index in [0.717, 1.165) is 18.5 Å². The largest absolute Gasteiger partial charge is 0.480 e. The van der Waals surface area contributed by atoms with Gasteiger partial charge in [-0.1, -0.05) is 20.8 Å². The summed E-state index contributed by atoms with van der Waals surface area (Å²) < 4.78 is 0. The molecule has 3 N–H and O–H groups in total. The molecule has 1 aromatic rings. The van der Waals surface area contributed by atoms with Crippen molar-refractivity contribution in [1.82, 2.24) is 15.3 Å². The molecule has 6 nitrogen and oxygen atoms in total. The van der Waals surface area contributed by atoms with E-state index in [-0.39, 0.29) is 0 Å². The molecule has 20 heavy (non-hydrogen) atoms. The number of aromatic nitrogens is 2. The highest BCUT2D eigenvalue weighted by Gasteiger charge is 2.17. The molecule has 0 saturated heterocycles. The Kier molecular flexibility index (Phi) is 6.93. The number of carboxylic acid groups (broad SMARTS) is 1. The number of carbonyl (C=O) groups is 1. The number of hydrogen-bond acceptors (Lipinski definition) is 5. The van der Waals surface area contributed by atoms with Crippen LogP contribution in [-0.2, 0) is 11.3 Å². The highest BCUT2D eigenvalue weighted by molar-refractivity contribution is 5.73. The van der Waals surface area contributed by atoms with Crippen LogP contribution in [0, 0.1) is 5.92 Å². The molecular formula is C14H24N4O2. The average Bonchev–Trinajstić information content (AvgIpc) is 2.41. The lowest BCUT2D eigenvalue weighted by molar-refractivity contribution is -0.140. The summed E-state index contributed by atoms with van der Waals surface area (Å²) in [5.74, 6) is 0.119. The van der Waals surface area contributed by atoms with Gasteiger partial charge in [-0.05, 0) is 18.8 Å². The van der Waals surface area contributed by atoms with Gasteiger partial charge in [0.05, 0.1) is 0 Å². The van der Waals surface area contributed by atoms with E-state index in [0.29, 0.717) is 24.8 Å². The number of nitrogens with zero attached hydrogens (tertiary/aromatic N) is 2. The maximum atomic E-state index is 11.1. The Bertz CT molecular complexity index is 406. The molecular weight excluding hydrogens is 256 g/mol. The van der Waals surface area contributed by atoms with E-state index in [2.05, 4.69) is 27.5 Å². The summed E-state index contributed by atoms with van der Waals surface area (Å²) in [7, 11) is 0. The van der Waals surface area contributed by atoms with Gasteiger partial charge in [-0.2, -0.15) is 0 Å². The van der Waals surface area contributed by atoms with Gasteiger partial charge >= 0.3 is 5.97 Å². The predicted octanol–water partition coefficient (Wildman–Crippen LogP) is 1.89. The molecule has 0 aromatic carbocycles. The Morgan fingerprint density at radius 3 is 2.50 bits per heavy atom. The average molecular weight is 280 g/mol. The zero-order valence-electron chi connectivity index (χ0n) is 12.4. The second-order valence-electron chi connectivity index (χ2n) is 5.24. The summed E-state index contributed by atoms with van der Waals surface area (Å²) in [6.07, 6.45) is 5.05. The monoisotopic (exact) mass is 280 g/mol. The van der Waals surface area contributed by atoms with Crippen LogP contribution < -0.4 is 10.6 Å². The van der Waals surface area contributed by atoms with Gasteiger partial charge in [0.1, 0.15) is 6.04 Å². The minimum atomic E-state index is -0.819. The molecule has 1 atom stereocenters. The van der Waals surface area contributed by atoms with Crippen LogP contribution in [0.5, 0.6) is 0 Å². The van der Waals surface area contributed by atoms with Crippen molar-refractivity contribution in [2.24, 2.45) is 5.92 Å². The van der Waals surface area contributed by atoms with Crippen LogP contribution in [0.15, 0.2) is 12.4 Å². The fraction of sp³-hybridized carbons (Fsp3) is 0.643. The molecule has 0 amide bonds. The van der Waals surface area contributed by atoms with E-state index in [4.69, 9.17) is 5.11 Å². The van der Waals surface area contributed by atoms with Gasteiger partial charge < -0.3 is 15.7 Å². The number of carboxylic acids is 1. The fourth-order valence-corrected chi connectivity index (χ4v) is 1.76. The number of anilines is 1. The van der Waals surface area contributed by atoms with Crippen molar-refractivity contribution < 1.29 is 9.90 Å². The van der Waals surface area contributed by atoms with E-state index in [1.165, 1.54) is 0 Å². The Hall–Kier alpha value is -1.69. The number of nitrogens with one attached hydrogen (secondary N) is 2. The Labute approximate surface area is 120 Å². The third kappa shape index (κ3) is 5.97. The summed E-state index contributed by atoms with van der Waals surface area (Å²) in [5, 5.41) is 15.3. The van der Waals surface area contributed by atoms with Gasteiger partial charge in [0, 0.05) is 31.0 Å². The second kappa shape index (κ2) is 8.47.